The first-order valence-corrected chi connectivity index (χ1v) is 9.35. The number of furan rings is 1. The van der Waals surface area contributed by atoms with Gasteiger partial charge in [0, 0.05) is 30.3 Å². The Balaban J connectivity index is 0.00000280. The molecule has 0 aliphatic rings. The second kappa shape index (κ2) is 10.1. The highest BCUT2D eigenvalue weighted by molar-refractivity contribution is 14.0. The zero-order valence-corrected chi connectivity index (χ0v) is 18.2. The maximum absolute atomic E-state index is 12.6. The Morgan fingerprint density at radius 3 is 2.71 bits per heavy atom. The van der Waals surface area contributed by atoms with Crippen LogP contribution in [0.4, 0.5) is 13.2 Å². The maximum Gasteiger partial charge on any atom is 0.434 e. The van der Waals surface area contributed by atoms with E-state index in [2.05, 4.69) is 20.6 Å². The number of fused-ring (bicyclic) bond motifs is 1. The van der Waals surface area contributed by atoms with E-state index >= 15 is 0 Å². The molecule has 0 aliphatic carbocycles. The molecule has 0 saturated heterocycles. The molecule has 0 spiro atoms. The smallest absolute Gasteiger partial charge is 0.434 e. The molecule has 0 radical (unpaired) electrons. The van der Waals surface area contributed by atoms with Crippen molar-refractivity contribution in [3.63, 3.8) is 0 Å². The van der Waals surface area contributed by atoms with Crippen molar-refractivity contribution >= 4 is 52.2 Å². The third kappa shape index (κ3) is 6.09. The molecule has 28 heavy (non-hydrogen) atoms. The van der Waals surface area contributed by atoms with E-state index in [9.17, 15) is 13.2 Å². The van der Waals surface area contributed by atoms with Crippen molar-refractivity contribution in [2.45, 2.75) is 26.1 Å². The summed E-state index contributed by atoms with van der Waals surface area (Å²) in [7, 11) is 0. The highest BCUT2D eigenvalue weighted by Gasteiger charge is 2.33. The third-order valence-corrected chi connectivity index (χ3v) is 4.60. The van der Waals surface area contributed by atoms with Crippen LogP contribution in [0.2, 0.25) is 0 Å². The number of guanidine groups is 1. The summed E-state index contributed by atoms with van der Waals surface area (Å²) < 4.78 is 43.5. The van der Waals surface area contributed by atoms with E-state index in [0.29, 0.717) is 37.0 Å². The molecule has 0 fully saturated rings. The van der Waals surface area contributed by atoms with Crippen LogP contribution in [-0.4, -0.2) is 24.0 Å². The first-order chi connectivity index (χ1) is 13.0. The molecule has 0 bridgehead atoms. The fourth-order valence-electron chi connectivity index (χ4n) is 2.46. The van der Waals surface area contributed by atoms with E-state index in [1.165, 1.54) is 0 Å². The van der Waals surface area contributed by atoms with Gasteiger partial charge in [-0.3, -0.25) is 0 Å². The minimum atomic E-state index is -4.40. The Kier molecular flexibility index (Phi) is 8.10. The molecular weight excluding hydrogens is 504 g/mol. The molecule has 3 rings (SSSR count). The minimum Gasteiger partial charge on any atom is -0.459 e. The number of nitrogens with zero attached hydrogens (tertiary/aromatic N) is 2. The van der Waals surface area contributed by atoms with Gasteiger partial charge in [0.05, 0.1) is 5.01 Å². The lowest BCUT2D eigenvalue weighted by atomic mass is 10.2. The number of hydrogen-bond donors (Lipinski definition) is 2. The van der Waals surface area contributed by atoms with E-state index in [1.807, 2.05) is 37.3 Å². The van der Waals surface area contributed by atoms with Crippen LogP contribution in [0.15, 0.2) is 45.1 Å². The first kappa shape index (κ1) is 22.5. The van der Waals surface area contributed by atoms with Gasteiger partial charge in [-0.25, -0.2) is 9.98 Å². The third-order valence-electron chi connectivity index (χ3n) is 3.69. The molecule has 10 heteroatoms. The average molecular weight is 524 g/mol. The van der Waals surface area contributed by atoms with Gasteiger partial charge in [-0.15, -0.1) is 35.3 Å². The standard InChI is InChI=1S/C18H19F3N4OS.HI/c1-2-22-17(23-8-7-16-25-15(11-27-16)18(19,20)21)24-10-13-9-12-5-3-4-6-14(12)26-13;/h3-6,9,11H,2,7-8,10H2,1H3,(H2,22,23,24);1H. The number of aliphatic imine (C=N–C) groups is 1. The Morgan fingerprint density at radius 2 is 2.04 bits per heavy atom. The van der Waals surface area contributed by atoms with Crippen molar-refractivity contribution < 1.29 is 17.6 Å². The van der Waals surface area contributed by atoms with E-state index in [4.69, 9.17) is 4.42 Å². The van der Waals surface area contributed by atoms with Crippen LogP contribution in [0.5, 0.6) is 0 Å². The quantitative estimate of drug-likeness (QED) is 0.276. The summed E-state index contributed by atoms with van der Waals surface area (Å²) >= 11 is 1.01. The maximum atomic E-state index is 12.6. The zero-order chi connectivity index (χ0) is 19.3. The van der Waals surface area contributed by atoms with Gasteiger partial charge in [0.1, 0.15) is 17.9 Å². The van der Waals surface area contributed by atoms with Crippen LogP contribution in [0.3, 0.4) is 0 Å². The molecule has 0 unspecified atom stereocenters. The summed E-state index contributed by atoms with van der Waals surface area (Å²) in [6.07, 6.45) is -4.01. The normalized spacial score (nSPS) is 12.1. The predicted molar refractivity (Wildman–Crippen MR) is 115 cm³/mol. The van der Waals surface area contributed by atoms with Gasteiger partial charge in [0.25, 0.3) is 0 Å². The molecule has 1 aromatic carbocycles. The number of nitrogens with one attached hydrogen (secondary N) is 2. The second-order valence-electron chi connectivity index (χ2n) is 5.75. The molecule has 5 nitrogen and oxygen atoms in total. The van der Waals surface area contributed by atoms with Crippen molar-refractivity contribution in [1.82, 2.24) is 15.6 Å². The Bertz CT molecular complexity index is 890. The molecule has 2 aromatic heterocycles. The topological polar surface area (TPSA) is 62.5 Å². The number of thiazole rings is 1. The molecular formula is C18H20F3IN4OS. The van der Waals surface area contributed by atoms with Crippen molar-refractivity contribution in [1.29, 1.82) is 0 Å². The van der Waals surface area contributed by atoms with Gasteiger partial charge >= 0.3 is 6.18 Å². The van der Waals surface area contributed by atoms with Crippen LogP contribution in [-0.2, 0) is 19.1 Å². The Morgan fingerprint density at radius 1 is 1.25 bits per heavy atom. The summed E-state index contributed by atoms with van der Waals surface area (Å²) in [5.74, 6) is 1.31. The summed E-state index contributed by atoms with van der Waals surface area (Å²) in [5, 5.41) is 8.70. The first-order valence-electron chi connectivity index (χ1n) is 8.47. The highest BCUT2D eigenvalue weighted by Crippen LogP contribution is 2.30. The van der Waals surface area contributed by atoms with E-state index in [-0.39, 0.29) is 24.0 Å². The lowest BCUT2D eigenvalue weighted by Crippen LogP contribution is -2.38. The monoisotopic (exact) mass is 524 g/mol. The van der Waals surface area contributed by atoms with Gasteiger partial charge in [-0.2, -0.15) is 13.2 Å². The van der Waals surface area contributed by atoms with Crippen molar-refractivity contribution in [3.8, 4) is 0 Å². The van der Waals surface area contributed by atoms with Crippen molar-refractivity contribution in [3.05, 3.63) is 52.2 Å². The van der Waals surface area contributed by atoms with E-state index in [0.717, 1.165) is 33.4 Å². The lowest BCUT2D eigenvalue weighted by Gasteiger charge is -2.10. The summed E-state index contributed by atoms with van der Waals surface area (Å²) in [5.41, 5.74) is -0.0298. The second-order valence-corrected chi connectivity index (χ2v) is 6.69. The van der Waals surface area contributed by atoms with Crippen LogP contribution >= 0.6 is 35.3 Å². The summed E-state index contributed by atoms with van der Waals surface area (Å²) in [6.45, 7) is 3.40. The largest absolute Gasteiger partial charge is 0.459 e. The summed E-state index contributed by atoms with van der Waals surface area (Å²) in [6, 6.07) is 9.66. The molecule has 0 aliphatic heterocycles. The SMILES string of the molecule is CCNC(=NCc1cc2ccccc2o1)NCCc1nc(C(F)(F)F)cs1.I. The number of halogens is 4. The summed E-state index contributed by atoms with van der Waals surface area (Å²) in [4.78, 5) is 8.08. The van der Waals surface area contributed by atoms with E-state index in [1.54, 1.807) is 0 Å². The minimum absolute atomic E-state index is 0. The molecule has 2 N–H and O–H groups in total. The van der Waals surface area contributed by atoms with Crippen molar-refractivity contribution in [2.24, 2.45) is 4.99 Å². The molecule has 0 amide bonds. The van der Waals surface area contributed by atoms with Crippen LogP contribution in [0.25, 0.3) is 11.0 Å². The fraction of sp³-hybridized carbons (Fsp3) is 0.333. The van der Waals surface area contributed by atoms with Gasteiger partial charge in [0.15, 0.2) is 11.7 Å². The average Bonchev–Trinajstić information content (AvgIpc) is 3.26. The number of aromatic nitrogens is 1. The molecule has 3 aromatic rings. The van der Waals surface area contributed by atoms with Crippen LogP contribution in [0, 0.1) is 0 Å². The highest BCUT2D eigenvalue weighted by atomic mass is 127. The zero-order valence-electron chi connectivity index (χ0n) is 15.0. The number of rotatable bonds is 6. The van der Waals surface area contributed by atoms with Gasteiger partial charge in [-0.05, 0) is 19.1 Å². The molecule has 0 atom stereocenters. The number of hydrogen-bond acceptors (Lipinski definition) is 4. The Labute approximate surface area is 181 Å². The van der Waals surface area contributed by atoms with Crippen LogP contribution in [0.1, 0.15) is 23.4 Å². The van der Waals surface area contributed by atoms with Crippen molar-refractivity contribution in [2.75, 3.05) is 13.1 Å². The lowest BCUT2D eigenvalue weighted by molar-refractivity contribution is -0.140. The van der Waals surface area contributed by atoms with Gasteiger partial charge in [0.2, 0.25) is 0 Å². The number of benzene rings is 1. The van der Waals surface area contributed by atoms with E-state index < -0.39 is 11.9 Å². The fourth-order valence-corrected chi connectivity index (χ4v) is 3.26. The van der Waals surface area contributed by atoms with Gasteiger partial charge in [-0.1, -0.05) is 18.2 Å². The predicted octanol–water partition coefficient (Wildman–Crippen LogP) is 4.82. The molecule has 152 valence electrons. The number of para-hydroxylation sites is 1. The van der Waals surface area contributed by atoms with Crippen LogP contribution < -0.4 is 10.6 Å². The molecule has 0 saturated carbocycles. The Hall–Kier alpha value is -1.82. The number of alkyl halides is 3. The molecule has 2 heterocycles. The van der Waals surface area contributed by atoms with Gasteiger partial charge < -0.3 is 15.1 Å².